The first-order valence-electron chi connectivity index (χ1n) is 7.35. The highest BCUT2D eigenvalue weighted by molar-refractivity contribution is 7.89. The van der Waals surface area contributed by atoms with Gasteiger partial charge in [-0.15, -0.1) is 0 Å². The monoisotopic (exact) mass is 381 g/mol. The summed E-state index contributed by atoms with van der Waals surface area (Å²) in [5, 5.41) is 21.7. The van der Waals surface area contributed by atoms with Gasteiger partial charge in [0, 0.05) is 12.6 Å². The second-order valence-electron chi connectivity index (χ2n) is 5.10. The second kappa shape index (κ2) is 8.47. The van der Waals surface area contributed by atoms with Crippen LogP contribution in [0.15, 0.2) is 53.4 Å². The number of rotatable bonds is 9. The first kappa shape index (κ1) is 19.4. The molecule has 2 rings (SSSR count). The van der Waals surface area contributed by atoms with Gasteiger partial charge in [-0.3, -0.25) is 20.2 Å². The Morgan fingerprint density at radius 1 is 1.00 bits per heavy atom. The number of non-ortho nitro benzene ring substituents is 1. The van der Waals surface area contributed by atoms with Crippen LogP contribution in [0, 0.1) is 20.2 Å². The zero-order chi connectivity index (χ0) is 19.2. The summed E-state index contributed by atoms with van der Waals surface area (Å²) in [6, 6.07) is 11.6. The Labute approximate surface area is 148 Å². The van der Waals surface area contributed by atoms with Crippen LogP contribution >= 0.6 is 0 Å². The largest absolute Gasteiger partial charge is 0.375 e. The van der Waals surface area contributed by atoms with Gasteiger partial charge < -0.3 is 4.74 Å². The fourth-order valence-corrected chi connectivity index (χ4v) is 3.24. The van der Waals surface area contributed by atoms with Crippen molar-refractivity contribution in [3.05, 3.63) is 74.3 Å². The van der Waals surface area contributed by atoms with E-state index in [0.717, 1.165) is 17.7 Å². The predicted molar refractivity (Wildman–Crippen MR) is 91.0 cm³/mol. The first-order chi connectivity index (χ1) is 12.3. The molecule has 0 aromatic heterocycles. The van der Waals surface area contributed by atoms with Crippen LogP contribution in [-0.2, 0) is 21.4 Å². The number of hydrogen-bond donors (Lipinski definition) is 1. The van der Waals surface area contributed by atoms with Crippen LogP contribution in [0.3, 0.4) is 0 Å². The van der Waals surface area contributed by atoms with Gasteiger partial charge >= 0.3 is 0 Å². The highest BCUT2D eigenvalue weighted by Crippen LogP contribution is 2.28. The molecular formula is C15H15N3O7S. The van der Waals surface area contributed by atoms with Gasteiger partial charge in [0.2, 0.25) is 10.0 Å². The maximum absolute atomic E-state index is 12.2. The van der Waals surface area contributed by atoms with E-state index in [9.17, 15) is 28.6 Å². The molecule has 26 heavy (non-hydrogen) atoms. The second-order valence-corrected chi connectivity index (χ2v) is 6.84. The van der Waals surface area contributed by atoms with E-state index >= 15 is 0 Å². The molecule has 138 valence electrons. The van der Waals surface area contributed by atoms with E-state index < -0.39 is 36.1 Å². The van der Waals surface area contributed by atoms with Crippen molar-refractivity contribution in [2.24, 2.45) is 0 Å². The number of sulfonamides is 1. The van der Waals surface area contributed by atoms with Crippen molar-refractivity contribution in [1.82, 2.24) is 4.72 Å². The molecular weight excluding hydrogens is 366 g/mol. The summed E-state index contributed by atoms with van der Waals surface area (Å²) in [6.07, 6.45) is 0. The Kier molecular flexibility index (Phi) is 6.33. The molecule has 0 saturated carbocycles. The van der Waals surface area contributed by atoms with Crippen LogP contribution < -0.4 is 4.72 Å². The minimum absolute atomic E-state index is 0.0505. The third-order valence-corrected chi connectivity index (χ3v) is 4.80. The molecule has 2 aromatic rings. The van der Waals surface area contributed by atoms with Gasteiger partial charge in [-0.05, 0) is 11.6 Å². The standard InChI is InChI=1S/C15H15N3O7S/c19-17(20)13-6-7-15(14(10-13)18(21)22)26(23,24)16-8-9-25-11-12-4-2-1-3-5-12/h1-7,10,16H,8-9,11H2. The van der Waals surface area contributed by atoms with Gasteiger partial charge in [-0.1, -0.05) is 30.3 Å². The molecule has 0 aliphatic heterocycles. The fourth-order valence-electron chi connectivity index (χ4n) is 2.08. The lowest BCUT2D eigenvalue weighted by Crippen LogP contribution is -2.28. The van der Waals surface area contributed by atoms with Crippen molar-refractivity contribution in [3.8, 4) is 0 Å². The summed E-state index contributed by atoms with van der Waals surface area (Å²) in [5.41, 5.74) is -0.514. The average molecular weight is 381 g/mol. The molecule has 0 bridgehead atoms. The van der Waals surface area contributed by atoms with E-state index in [4.69, 9.17) is 4.74 Å². The van der Waals surface area contributed by atoms with Gasteiger partial charge in [-0.25, -0.2) is 13.1 Å². The van der Waals surface area contributed by atoms with E-state index in [1.165, 1.54) is 0 Å². The number of nitro groups is 2. The SMILES string of the molecule is O=[N+]([O-])c1ccc(S(=O)(=O)NCCOCc2ccccc2)c([N+](=O)[O-])c1. The van der Waals surface area contributed by atoms with Gasteiger partial charge in [-0.2, -0.15) is 0 Å². The minimum atomic E-state index is -4.22. The van der Waals surface area contributed by atoms with Crippen molar-refractivity contribution in [2.75, 3.05) is 13.2 Å². The Balaban J connectivity index is 2.01. The van der Waals surface area contributed by atoms with Crippen molar-refractivity contribution < 1.29 is 23.0 Å². The smallest absolute Gasteiger partial charge is 0.296 e. The zero-order valence-electron chi connectivity index (χ0n) is 13.4. The topological polar surface area (TPSA) is 142 Å². The molecule has 0 amide bonds. The molecule has 0 heterocycles. The van der Waals surface area contributed by atoms with Crippen LogP contribution in [0.2, 0.25) is 0 Å². The highest BCUT2D eigenvalue weighted by Gasteiger charge is 2.28. The molecule has 0 atom stereocenters. The Hall–Kier alpha value is -2.89. The summed E-state index contributed by atoms with van der Waals surface area (Å²) in [5.74, 6) is 0. The summed E-state index contributed by atoms with van der Waals surface area (Å²) in [4.78, 5) is 19.3. The number of hydrogen-bond acceptors (Lipinski definition) is 7. The molecule has 0 aliphatic carbocycles. The van der Waals surface area contributed by atoms with Crippen molar-refractivity contribution in [1.29, 1.82) is 0 Å². The van der Waals surface area contributed by atoms with Crippen LogP contribution in [0.25, 0.3) is 0 Å². The number of nitrogens with one attached hydrogen (secondary N) is 1. The van der Waals surface area contributed by atoms with Crippen molar-refractivity contribution >= 4 is 21.4 Å². The minimum Gasteiger partial charge on any atom is -0.375 e. The molecule has 0 fully saturated rings. The van der Waals surface area contributed by atoms with Gasteiger partial charge in [0.15, 0.2) is 4.90 Å². The van der Waals surface area contributed by atoms with Crippen LogP contribution in [-0.4, -0.2) is 31.4 Å². The van der Waals surface area contributed by atoms with E-state index in [2.05, 4.69) is 4.72 Å². The molecule has 0 aliphatic rings. The number of ether oxygens (including phenoxy) is 1. The molecule has 0 radical (unpaired) electrons. The molecule has 2 aromatic carbocycles. The quantitative estimate of drug-likeness (QED) is 0.397. The molecule has 10 nitrogen and oxygen atoms in total. The summed E-state index contributed by atoms with van der Waals surface area (Å²) in [6.45, 7) is 0.235. The fraction of sp³-hybridized carbons (Fsp3) is 0.200. The molecule has 0 spiro atoms. The number of benzene rings is 2. The van der Waals surface area contributed by atoms with Crippen LogP contribution in [0.5, 0.6) is 0 Å². The van der Waals surface area contributed by atoms with Gasteiger partial charge in [0.05, 0.1) is 29.1 Å². The predicted octanol–water partition coefficient (Wildman–Crippen LogP) is 2.00. The third kappa shape index (κ3) is 5.05. The number of nitro benzene ring substituents is 2. The summed E-state index contributed by atoms with van der Waals surface area (Å²) in [7, 11) is -4.22. The Morgan fingerprint density at radius 3 is 2.31 bits per heavy atom. The molecule has 11 heteroatoms. The zero-order valence-corrected chi connectivity index (χ0v) is 14.2. The van der Waals surface area contributed by atoms with Crippen molar-refractivity contribution in [3.63, 3.8) is 0 Å². The normalized spacial score (nSPS) is 11.2. The first-order valence-corrected chi connectivity index (χ1v) is 8.84. The molecule has 1 N–H and O–H groups in total. The number of nitrogens with zero attached hydrogens (tertiary/aromatic N) is 2. The Bertz CT molecular complexity index is 901. The lowest BCUT2D eigenvalue weighted by molar-refractivity contribution is -0.396. The maximum Gasteiger partial charge on any atom is 0.296 e. The summed E-state index contributed by atoms with van der Waals surface area (Å²) < 4.78 is 32.0. The lowest BCUT2D eigenvalue weighted by atomic mass is 10.2. The van der Waals surface area contributed by atoms with E-state index in [0.29, 0.717) is 12.7 Å². The average Bonchev–Trinajstić information content (AvgIpc) is 2.61. The maximum atomic E-state index is 12.2. The lowest BCUT2D eigenvalue weighted by Gasteiger charge is -2.08. The van der Waals surface area contributed by atoms with E-state index in [1.54, 1.807) is 0 Å². The highest BCUT2D eigenvalue weighted by atomic mass is 32.2. The van der Waals surface area contributed by atoms with Crippen LogP contribution in [0.4, 0.5) is 11.4 Å². The van der Waals surface area contributed by atoms with Gasteiger partial charge in [0.25, 0.3) is 11.4 Å². The van der Waals surface area contributed by atoms with Gasteiger partial charge in [0.1, 0.15) is 0 Å². The Morgan fingerprint density at radius 2 is 1.69 bits per heavy atom. The summed E-state index contributed by atoms with van der Waals surface area (Å²) >= 11 is 0. The van der Waals surface area contributed by atoms with Crippen LogP contribution in [0.1, 0.15) is 5.56 Å². The van der Waals surface area contributed by atoms with E-state index in [1.807, 2.05) is 30.3 Å². The molecule has 0 unspecified atom stereocenters. The van der Waals surface area contributed by atoms with E-state index in [-0.39, 0.29) is 13.2 Å². The van der Waals surface area contributed by atoms with Crippen molar-refractivity contribution in [2.45, 2.75) is 11.5 Å². The molecule has 0 saturated heterocycles. The third-order valence-electron chi connectivity index (χ3n) is 3.29.